The predicted octanol–water partition coefficient (Wildman–Crippen LogP) is 3.89. The minimum absolute atomic E-state index is 0.0407. The van der Waals surface area contributed by atoms with Crippen LogP contribution in [0.1, 0.15) is 16.7 Å². The van der Waals surface area contributed by atoms with Gasteiger partial charge in [0, 0.05) is 5.75 Å². The smallest absolute Gasteiger partial charge is 0.260 e. The van der Waals surface area contributed by atoms with Crippen LogP contribution < -0.4 is 5.56 Å². The van der Waals surface area contributed by atoms with Crippen LogP contribution in [-0.4, -0.2) is 9.97 Å². The van der Waals surface area contributed by atoms with Gasteiger partial charge in [-0.1, -0.05) is 36.0 Å². The lowest BCUT2D eigenvalue weighted by atomic mass is 10.1. The van der Waals surface area contributed by atoms with Crippen LogP contribution in [0.25, 0.3) is 10.2 Å². The summed E-state index contributed by atoms with van der Waals surface area (Å²) >= 11 is 3.09. The van der Waals surface area contributed by atoms with Gasteiger partial charge in [-0.25, -0.2) is 4.98 Å². The Balaban J connectivity index is 1.89. The molecule has 0 aliphatic carbocycles. The van der Waals surface area contributed by atoms with Crippen LogP contribution in [-0.2, 0) is 5.75 Å². The third-order valence-corrected chi connectivity index (χ3v) is 5.14. The Hall–Kier alpha value is -1.59. The predicted molar refractivity (Wildman–Crippen MR) is 85.7 cm³/mol. The number of benzene rings is 1. The largest absolute Gasteiger partial charge is 0.301 e. The number of aryl methyl sites for hydroxylation is 2. The number of hydrogen-bond donors (Lipinski definition) is 1. The highest BCUT2D eigenvalue weighted by atomic mass is 32.2. The van der Waals surface area contributed by atoms with E-state index in [4.69, 9.17) is 0 Å². The van der Waals surface area contributed by atoms with E-state index in [2.05, 4.69) is 29.0 Å². The molecule has 0 aliphatic rings. The zero-order valence-corrected chi connectivity index (χ0v) is 12.9. The van der Waals surface area contributed by atoms with Crippen LogP contribution in [0.4, 0.5) is 0 Å². The van der Waals surface area contributed by atoms with Gasteiger partial charge in [0.2, 0.25) is 0 Å². The van der Waals surface area contributed by atoms with E-state index in [1.165, 1.54) is 22.5 Å². The van der Waals surface area contributed by atoms with Gasteiger partial charge in [-0.2, -0.15) is 0 Å². The van der Waals surface area contributed by atoms with Gasteiger partial charge in [0.05, 0.1) is 5.39 Å². The number of hydrogen-bond acceptors (Lipinski definition) is 4. The topological polar surface area (TPSA) is 45.8 Å². The molecule has 0 spiro atoms. The lowest BCUT2D eigenvalue weighted by Gasteiger charge is -2.04. The van der Waals surface area contributed by atoms with E-state index < -0.39 is 0 Å². The Morgan fingerprint density at radius 2 is 2.05 bits per heavy atom. The third kappa shape index (κ3) is 2.51. The standard InChI is InChI=1S/C15H14N2OS2/c1-9-5-3-4-6-11(9)8-20-15-16-13(18)12-10(2)7-19-14(12)17-15/h3-7H,8H2,1-2H3,(H,16,17,18). The number of thioether (sulfide) groups is 1. The summed E-state index contributed by atoms with van der Waals surface area (Å²) in [5, 5.41) is 3.38. The first-order chi connectivity index (χ1) is 9.65. The highest BCUT2D eigenvalue weighted by Gasteiger charge is 2.09. The number of nitrogens with zero attached hydrogens (tertiary/aromatic N) is 1. The molecule has 5 heteroatoms. The fraction of sp³-hybridized carbons (Fsp3) is 0.200. The first-order valence-electron chi connectivity index (χ1n) is 6.30. The lowest BCUT2D eigenvalue weighted by Crippen LogP contribution is -2.08. The summed E-state index contributed by atoms with van der Waals surface area (Å²) in [6, 6.07) is 8.27. The second-order valence-electron chi connectivity index (χ2n) is 4.69. The molecule has 0 saturated carbocycles. The van der Waals surface area contributed by atoms with Gasteiger partial charge in [-0.15, -0.1) is 11.3 Å². The molecular formula is C15H14N2OS2. The molecule has 0 radical (unpaired) electrons. The van der Waals surface area contributed by atoms with Crippen molar-refractivity contribution in [2.75, 3.05) is 0 Å². The van der Waals surface area contributed by atoms with E-state index in [9.17, 15) is 4.79 Å². The lowest BCUT2D eigenvalue weighted by molar-refractivity contribution is 0.978. The van der Waals surface area contributed by atoms with Crippen molar-refractivity contribution in [2.24, 2.45) is 0 Å². The van der Waals surface area contributed by atoms with Crippen molar-refractivity contribution in [2.45, 2.75) is 24.8 Å². The van der Waals surface area contributed by atoms with Gasteiger partial charge in [0.25, 0.3) is 5.56 Å². The van der Waals surface area contributed by atoms with Crippen LogP contribution >= 0.6 is 23.1 Å². The second-order valence-corrected chi connectivity index (χ2v) is 6.51. The van der Waals surface area contributed by atoms with Gasteiger partial charge < -0.3 is 4.98 Å². The molecule has 0 fully saturated rings. The van der Waals surface area contributed by atoms with Crippen molar-refractivity contribution in [3.63, 3.8) is 0 Å². The van der Waals surface area contributed by atoms with Gasteiger partial charge in [-0.05, 0) is 35.9 Å². The highest BCUT2D eigenvalue weighted by Crippen LogP contribution is 2.25. The van der Waals surface area contributed by atoms with Crippen molar-refractivity contribution in [1.29, 1.82) is 0 Å². The van der Waals surface area contributed by atoms with E-state index in [0.717, 1.165) is 21.5 Å². The van der Waals surface area contributed by atoms with E-state index in [1.54, 1.807) is 11.8 Å². The second kappa shape index (κ2) is 5.42. The van der Waals surface area contributed by atoms with Crippen LogP contribution in [0.5, 0.6) is 0 Å². The average Bonchev–Trinajstić information content (AvgIpc) is 2.80. The van der Waals surface area contributed by atoms with E-state index in [0.29, 0.717) is 5.16 Å². The molecule has 3 nitrogen and oxygen atoms in total. The Bertz CT molecular complexity index is 820. The van der Waals surface area contributed by atoms with Gasteiger partial charge in [0.1, 0.15) is 4.83 Å². The molecule has 1 aromatic carbocycles. The first kappa shape index (κ1) is 13.4. The summed E-state index contributed by atoms with van der Waals surface area (Å²) in [6.07, 6.45) is 0. The Kier molecular flexibility index (Phi) is 3.63. The molecular weight excluding hydrogens is 288 g/mol. The first-order valence-corrected chi connectivity index (χ1v) is 8.17. The summed E-state index contributed by atoms with van der Waals surface area (Å²) in [6.45, 7) is 4.04. The van der Waals surface area contributed by atoms with E-state index in [-0.39, 0.29) is 5.56 Å². The quantitative estimate of drug-likeness (QED) is 0.589. The number of aromatic amines is 1. The molecule has 0 unspecified atom stereocenters. The fourth-order valence-corrected chi connectivity index (χ4v) is 3.97. The minimum Gasteiger partial charge on any atom is -0.301 e. The molecule has 1 N–H and O–H groups in total. The van der Waals surface area contributed by atoms with Crippen LogP contribution in [0, 0.1) is 13.8 Å². The van der Waals surface area contributed by atoms with Crippen LogP contribution in [0.2, 0.25) is 0 Å². The molecule has 0 bridgehead atoms. The van der Waals surface area contributed by atoms with E-state index in [1.807, 2.05) is 24.4 Å². The summed E-state index contributed by atoms with van der Waals surface area (Å²) in [5.41, 5.74) is 3.48. The van der Waals surface area contributed by atoms with Gasteiger partial charge in [-0.3, -0.25) is 4.79 Å². The molecule has 0 aliphatic heterocycles. The Labute approximate surface area is 125 Å². The minimum atomic E-state index is -0.0407. The molecule has 20 heavy (non-hydrogen) atoms. The molecule has 3 aromatic rings. The number of nitrogens with one attached hydrogen (secondary N) is 1. The summed E-state index contributed by atoms with van der Waals surface area (Å²) in [5.74, 6) is 0.811. The number of H-pyrrole nitrogens is 1. The number of rotatable bonds is 3. The Morgan fingerprint density at radius 3 is 2.85 bits per heavy atom. The summed E-state index contributed by atoms with van der Waals surface area (Å²) < 4.78 is 0. The van der Waals surface area contributed by atoms with Gasteiger partial charge >= 0.3 is 0 Å². The number of fused-ring (bicyclic) bond motifs is 1. The maximum atomic E-state index is 12.1. The third-order valence-electron chi connectivity index (χ3n) is 3.23. The number of aromatic nitrogens is 2. The summed E-state index contributed by atoms with van der Waals surface area (Å²) in [4.78, 5) is 20.3. The average molecular weight is 302 g/mol. The molecule has 2 heterocycles. The van der Waals surface area contributed by atoms with Gasteiger partial charge in [0.15, 0.2) is 5.16 Å². The van der Waals surface area contributed by atoms with Crippen molar-refractivity contribution >= 4 is 33.3 Å². The van der Waals surface area contributed by atoms with Crippen molar-refractivity contribution in [3.8, 4) is 0 Å². The maximum absolute atomic E-state index is 12.1. The zero-order valence-electron chi connectivity index (χ0n) is 11.3. The monoisotopic (exact) mass is 302 g/mol. The maximum Gasteiger partial charge on any atom is 0.260 e. The summed E-state index contributed by atoms with van der Waals surface area (Å²) in [7, 11) is 0. The molecule has 3 rings (SSSR count). The van der Waals surface area contributed by atoms with Crippen molar-refractivity contribution < 1.29 is 0 Å². The zero-order chi connectivity index (χ0) is 14.1. The molecule has 2 aromatic heterocycles. The Morgan fingerprint density at radius 1 is 1.25 bits per heavy atom. The highest BCUT2D eigenvalue weighted by molar-refractivity contribution is 7.98. The molecule has 0 amide bonds. The molecule has 0 saturated heterocycles. The fourth-order valence-electron chi connectivity index (χ4n) is 2.06. The normalized spacial score (nSPS) is 11.1. The molecule has 0 atom stereocenters. The van der Waals surface area contributed by atoms with Crippen molar-refractivity contribution in [1.82, 2.24) is 9.97 Å². The number of thiophene rings is 1. The molecule has 102 valence electrons. The van der Waals surface area contributed by atoms with E-state index >= 15 is 0 Å². The van der Waals surface area contributed by atoms with Crippen LogP contribution in [0.3, 0.4) is 0 Å². The SMILES string of the molecule is Cc1ccccc1CSc1nc2scc(C)c2c(=O)[nH]1. The van der Waals surface area contributed by atoms with Crippen molar-refractivity contribution in [3.05, 3.63) is 56.7 Å². The van der Waals surface area contributed by atoms with Crippen LogP contribution in [0.15, 0.2) is 39.6 Å².